The van der Waals surface area contributed by atoms with E-state index in [9.17, 15) is 14.0 Å². The Labute approximate surface area is 248 Å². The maximum Gasteiger partial charge on any atom is 0.333 e. The summed E-state index contributed by atoms with van der Waals surface area (Å²) in [6.07, 6.45) is 3.70. The molecule has 1 heterocycles. The molecule has 0 saturated heterocycles. The third-order valence-corrected chi connectivity index (χ3v) is 7.30. The van der Waals surface area contributed by atoms with Crippen LogP contribution in [0, 0.1) is 5.82 Å². The molecule has 0 bridgehead atoms. The lowest BCUT2D eigenvalue weighted by Crippen LogP contribution is -2.09. The minimum absolute atomic E-state index is 0.113. The minimum Gasteiger partial charge on any atom is -0.490 e. The van der Waals surface area contributed by atoms with Gasteiger partial charge in [-0.1, -0.05) is 25.3 Å². The third-order valence-electron chi connectivity index (χ3n) is 6.12. The number of carbonyl (C=O) groups is 2. The maximum atomic E-state index is 14.9. The summed E-state index contributed by atoms with van der Waals surface area (Å²) in [5, 5.41) is 9.31. The van der Waals surface area contributed by atoms with Crippen molar-refractivity contribution in [2.45, 2.75) is 26.2 Å². The summed E-state index contributed by atoms with van der Waals surface area (Å²) in [6, 6.07) is 20.0. The molecule has 0 fully saturated rings. The van der Waals surface area contributed by atoms with Gasteiger partial charge >= 0.3 is 11.9 Å². The molecule has 0 amide bonds. The average Bonchev–Trinajstić information content (AvgIpc) is 3.41. The zero-order valence-electron chi connectivity index (χ0n) is 23.3. The van der Waals surface area contributed by atoms with Gasteiger partial charge in [-0.3, -0.25) is 0 Å². The first-order valence-corrected chi connectivity index (χ1v) is 14.2. The molecule has 4 rings (SSSR count). The first kappa shape index (κ1) is 30.3. The van der Waals surface area contributed by atoms with E-state index in [4.69, 9.17) is 14.2 Å². The molecule has 0 spiro atoms. The standard InChI is InChI=1S/C33H31FN2O5S/c1-4-32(37)40-18-17-39-27-12-10-26(11-13-27)35-36-30-14-8-24(21-29(30)34)23-9-15-31-25(19-23)20-28(42-31)7-5-6-16-41-33(38)22(2)3/h4,8-15,19-21H,1-2,5-7,16-18H2,3H3. The number of fused-ring (bicyclic) bond motifs is 1. The number of ether oxygens (including phenoxy) is 3. The number of benzene rings is 3. The molecule has 3 aromatic carbocycles. The number of thiophene rings is 1. The first-order chi connectivity index (χ1) is 20.3. The second-order valence-corrected chi connectivity index (χ2v) is 10.6. The molecule has 0 aliphatic carbocycles. The van der Waals surface area contributed by atoms with Gasteiger partial charge in [0.25, 0.3) is 0 Å². The van der Waals surface area contributed by atoms with Crippen molar-refractivity contribution in [1.82, 2.24) is 0 Å². The molecule has 9 heteroatoms. The van der Waals surface area contributed by atoms with E-state index in [2.05, 4.69) is 41.6 Å². The van der Waals surface area contributed by atoms with Gasteiger partial charge in [0.05, 0.1) is 12.3 Å². The van der Waals surface area contributed by atoms with Crippen molar-refractivity contribution in [2.75, 3.05) is 19.8 Å². The number of hydrogen-bond acceptors (Lipinski definition) is 8. The molecule has 0 radical (unpaired) electrons. The van der Waals surface area contributed by atoms with Crippen LogP contribution in [-0.4, -0.2) is 31.8 Å². The lowest BCUT2D eigenvalue weighted by Gasteiger charge is -2.06. The number of nitrogens with zero attached hydrogens (tertiary/aromatic N) is 2. The van der Waals surface area contributed by atoms with E-state index in [1.54, 1.807) is 48.6 Å². The molecule has 4 aromatic rings. The van der Waals surface area contributed by atoms with Crippen molar-refractivity contribution in [3.8, 4) is 16.9 Å². The summed E-state index contributed by atoms with van der Waals surface area (Å²) < 4.78 is 31.6. The van der Waals surface area contributed by atoms with Gasteiger partial charge in [0, 0.05) is 21.2 Å². The van der Waals surface area contributed by atoms with E-state index in [1.165, 1.54) is 15.6 Å². The van der Waals surface area contributed by atoms with Gasteiger partial charge in [0.15, 0.2) is 5.82 Å². The zero-order chi connectivity index (χ0) is 29.9. The van der Waals surface area contributed by atoms with Crippen molar-refractivity contribution in [2.24, 2.45) is 10.2 Å². The molecular weight excluding hydrogens is 555 g/mol. The highest BCUT2D eigenvalue weighted by molar-refractivity contribution is 7.19. The number of halogens is 1. The Hall–Kier alpha value is -4.63. The van der Waals surface area contributed by atoms with E-state index in [-0.39, 0.29) is 24.9 Å². The number of rotatable bonds is 14. The molecule has 216 valence electrons. The van der Waals surface area contributed by atoms with E-state index >= 15 is 0 Å². The molecule has 0 unspecified atom stereocenters. The van der Waals surface area contributed by atoms with Crippen molar-refractivity contribution in [3.63, 3.8) is 0 Å². The number of esters is 2. The summed E-state index contributed by atoms with van der Waals surface area (Å²) in [6.45, 7) is 9.26. The SMILES string of the molecule is C=CC(=O)OCCOc1ccc(N=Nc2ccc(-c3ccc4sc(CCCCOC(=O)C(=C)C)cc4c3)cc2F)cc1. The molecule has 0 saturated carbocycles. The second-order valence-electron chi connectivity index (χ2n) is 9.42. The van der Waals surface area contributed by atoms with Crippen LogP contribution in [0.3, 0.4) is 0 Å². The predicted molar refractivity (Wildman–Crippen MR) is 163 cm³/mol. The van der Waals surface area contributed by atoms with Gasteiger partial charge in [-0.15, -0.1) is 16.5 Å². The number of carbonyl (C=O) groups excluding carboxylic acids is 2. The lowest BCUT2D eigenvalue weighted by molar-refractivity contribution is -0.139. The van der Waals surface area contributed by atoms with Crippen molar-refractivity contribution < 1.29 is 28.2 Å². The third kappa shape index (κ3) is 8.68. The second kappa shape index (κ2) is 14.8. The van der Waals surface area contributed by atoms with Crippen molar-refractivity contribution >= 4 is 44.7 Å². The van der Waals surface area contributed by atoms with Gasteiger partial charge in [0.1, 0.15) is 24.7 Å². The summed E-state index contributed by atoms with van der Waals surface area (Å²) in [5.41, 5.74) is 2.74. The van der Waals surface area contributed by atoms with Crippen LogP contribution >= 0.6 is 11.3 Å². The molecule has 42 heavy (non-hydrogen) atoms. The summed E-state index contributed by atoms with van der Waals surface area (Å²) in [4.78, 5) is 23.8. The van der Waals surface area contributed by atoms with Gasteiger partial charge in [0.2, 0.25) is 0 Å². The van der Waals surface area contributed by atoms with E-state index in [0.717, 1.165) is 41.9 Å². The van der Waals surface area contributed by atoms with Gasteiger partial charge < -0.3 is 14.2 Å². The first-order valence-electron chi connectivity index (χ1n) is 13.4. The quantitative estimate of drug-likeness (QED) is 0.0639. The Bertz CT molecular complexity index is 1610. The fourth-order valence-corrected chi connectivity index (χ4v) is 5.03. The highest BCUT2D eigenvalue weighted by atomic mass is 32.1. The predicted octanol–water partition coefficient (Wildman–Crippen LogP) is 8.67. The van der Waals surface area contributed by atoms with Crippen LogP contribution in [0.2, 0.25) is 0 Å². The normalized spacial score (nSPS) is 11.0. The van der Waals surface area contributed by atoms with Crippen molar-refractivity contribution in [1.29, 1.82) is 0 Å². The molecule has 7 nitrogen and oxygen atoms in total. The van der Waals surface area contributed by atoms with Crippen LogP contribution in [-0.2, 0) is 25.5 Å². The summed E-state index contributed by atoms with van der Waals surface area (Å²) in [5.74, 6) is -0.742. The number of unbranched alkanes of at least 4 members (excludes halogenated alkanes) is 1. The Morgan fingerprint density at radius 1 is 0.905 bits per heavy atom. The van der Waals surface area contributed by atoms with Crippen LogP contribution in [0.1, 0.15) is 24.6 Å². The van der Waals surface area contributed by atoms with Gasteiger partial charge in [-0.05, 0) is 97.3 Å². The molecule has 0 atom stereocenters. The highest BCUT2D eigenvalue weighted by Crippen LogP contribution is 2.33. The van der Waals surface area contributed by atoms with Crippen LogP contribution in [0.25, 0.3) is 21.2 Å². The zero-order valence-corrected chi connectivity index (χ0v) is 24.1. The van der Waals surface area contributed by atoms with Gasteiger partial charge in [-0.2, -0.15) is 5.11 Å². The Kier molecular flexibility index (Phi) is 10.7. The Morgan fingerprint density at radius 2 is 1.67 bits per heavy atom. The smallest absolute Gasteiger partial charge is 0.333 e. The average molecular weight is 587 g/mol. The highest BCUT2D eigenvalue weighted by Gasteiger charge is 2.09. The Balaban J connectivity index is 1.32. The van der Waals surface area contributed by atoms with E-state index < -0.39 is 11.8 Å². The molecule has 1 aromatic heterocycles. The van der Waals surface area contributed by atoms with Crippen LogP contribution in [0.4, 0.5) is 15.8 Å². The minimum atomic E-state index is -0.503. The lowest BCUT2D eigenvalue weighted by atomic mass is 10.0. The molecule has 0 aliphatic rings. The number of hydrogen-bond donors (Lipinski definition) is 0. The summed E-state index contributed by atoms with van der Waals surface area (Å²) in [7, 11) is 0. The van der Waals surface area contributed by atoms with Crippen LogP contribution < -0.4 is 4.74 Å². The van der Waals surface area contributed by atoms with E-state index in [0.29, 0.717) is 23.6 Å². The fraction of sp³-hybridized carbons (Fsp3) is 0.212. The van der Waals surface area contributed by atoms with Gasteiger partial charge in [-0.25, -0.2) is 14.0 Å². The van der Waals surface area contributed by atoms with Crippen LogP contribution in [0.5, 0.6) is 5.75 Å². The fourth-order valence-electron chi connectivity index (χ4n) is 3.94. The number of azo groups is 1. The van der Waals surface area contributed by atoms with Crippen molar-refractivity contribution in [3.05, 3.63) is 102 Å². The number of aryl methyl sites for hydroxylation is 1. The topological polar surface area (TPSA) is 86.6 Å². The molecular formula is C33H31FN2O5S. The van der Waals surface area contributed by atoms with Crippen LogP contribution in [0.15, 0.2) is 102 Å². The molecule has 0 N–H and O–H groups in total. The molecule has 0 aliphatic heterocycles. The monoisotopic (exact) mass is 586 g/mol. The Morgan fingerprint density at radius 3 is 2.40 bits per heavy atom. The largest absolute Gasteiger partial charge is 0.490 e. The van der Waals surface area contributed by atoms with E-state index in [1.807, 2.05) is 12.1 Å². The summed E-state index contributed by atoms with van der Waals surface area (Å²) >= 11 is 1.74. The maximum absolute atomic E-state index is 14.9.